The van der Waals surface area contributed by atoms with Crippen molar-refractivity contribution in [2.24, 2.45) is 5.92 Å². The summed E-state index contributed by atoms with van der Waals surface area (Å²) in [5, 5.41) is 37.7. The molecule has 0 aromatic heterocycles. The molecule has 0 spiro atoms. The van der Waals surface area contributed by atoms with Gasteiger partial charge in [0, 0.05) is 57.2 Å². The lowest BCUT2D eigenvalue weighted by Crippen LogP contribution is -2.37. The molecule has 0 aliphatic heterocycles. The summed E-state index contributed by atoms with van der Waals surface area (Å²) in [6.07, 6.45) is 97.9. The van der Waals surface area contributed by atoms with Crippen LogP contribution in [0, 0.1) is 5.92 Å². The van der Waals surface area contributed by atoms with E-state index in [2.05, 4.69) is 243 Å². The van der Waals surface area contributed by atoms with Gasteiger partial charge in [0.15, 0.2) is 0 Å². The Morgan fingerprint density at radius 2 is 0.587 bits per heavy atom. The number of amides is 3. The van der Waals surface area contributed by atoms with E-state index in [1.54, 1.807) is 54.6 Å². The Morgan fingerprint density at radius 1 is 0.312 bits per heavy atom. The number of unbranched alkanes of at least 4 members (excludes halogenated alkanes) is 1. The minimum atomic E-state index is -0.326. The molecule has 590 valence electrons. The molecule has 3 amide bonds. The quantitative estimate of drug-likeness (QED) is 0.0235. The van der Waals surface area contributed by atoms with Crippen LogP contribution in [0.25, 0.3) is 0 Å². The molecule has 0 aliphatic carbocycles. The second kappa shape index (κ2) is 71.0. The van der Waals surface area contributed by atoms with Crippen molar-refractivity contribution in [1.82, 2.24) is 16.0 Å². The summed E-state index contributed by atoms with van der Waals surface area (Å²) in [6, 6.07) is 19.0. The molecule has 3 aromatic carbocycles. The highest BCUT2D eigenvalue weighted by atomic mass is 16.3. The summed E-state index contributed by atoms with van der Waals surface area (Å²) < 4.78 is 0. The number of Topliss-reactive ketones (excluding diaryl/α,β-unsaturated/α-hetero) is 3. The number of hydrogen-bond acceptors (Lipinski definition) is 9. The van der Waals surface area contributed by atoms with Crippen LogP contribution in [-0.4, -0.2) is 69.0 Å². The number of aromatic hydroxyl groups is 3. The van der Waals surface area contributed by atoms with E-state index in [-0.39, 0.29) is 87.0 Å². The lowest BCUT2D eigenvalue weighted by atomic mass is 9.95. The lowest BCUT2D eigenvalue weighted by molar-refractivity contribution is -0.120. The molecule has 6 N–H and O–H groups in total. The van der Waals surface area contributed by atoms with E-state index in [0.29, 0.717) is 57.9 Å². The molecule has 3 aromatic rings. The minimum Gasteiger partial charge on any atom is -0.507 e. The average Bonchev–Trinajstić information content (AvgIpc) is 0.882. The molecule has 12 nitrogen and oxygen atoms in total. The highest BCUT2D eigenvalue weighted by molar-refractivity contribution is 5.98. The SMILES string of the molecule is CC/C=C\C/C=C\C/C=C\C/C=C\C/C=C\C/C=C\CCC(=O)CC(C)C(C)NC(=O)c1ccccc1O.CC/C=C\C/C=C\C/C=C\C/C=C\C/C=C\C/C=C\CCC(=O)CCC(C)NC(=O)c1ccccc1O.CC/C=C\C/C=C\C/C=C\C/C=C\C/C=C\CCCC(=O)CCCNC(=O)c1ccccc1O. The van der Waals surface area contributed by atoms with Crippen LogP contribution < -0.4 is 16.0 Å². The standard InChI is InChI=1S/C34H47NO3.C33H45NO3.C30H41NO3/c1-4-5-6-7-8-9-10-11-12-13-14-15-16-17-18-19-20-21-22-25-31(36)28-29(2)30(3)35-34(38)32-26-23-24-27-33(32)37;1-3-4-5-6-7-8-9-10-11-12-13-14-15-16-17-18-19-20-21-24-30(35)28-27-29(2)34-33(37)31-25-22-23-26-32(31)36;1-2-3-4-5-6-7-8-9-10-11-12-13-14-15-16-17-18-22-27(32)23-21-26-31-30(34)28-24-19-20-25-29(28)33/h5-6,8-9,11-12,14-15,17-18,20-21,23-24,26-27,29-30,37H,4,7,10,13,16,19,22,25,28H2,1-3H3,(H,35,38);4-5,7-8,10-11,13-14,16-17,19-20,22-23,25-26,29,36H,3,6,9,12,15,18,21,24,27-28H2,1-2H3,(H,34,37);3-4,6-7,9-10,12-13,15-16,19-20,24-25,33H,2,5,8,11,14,17-18,21-23,26H2,1H3,(H,31,34)/b6-5-,9-8-,12-11-,15-14-,18-17-,21-20-;5-4-,8-7-,11-10-,14-13-,17-16-,20-19-;4-3-,7-6-,10-9-,13-12-,16-15-. The Balaban J connectivity index is 0.000000819. The van der Waals surface area contributed by atoms with Gasteiger partial charge in [-0.2, -0.15) is 0 Å². The number of rotatable bonds is 56. The number of hydrogen-bond donors (Lipinski definition) is 6. The summed E-state index contributed by atoms with van der Waals surface area (Å²) in [6.45, 7) is 12.6. The summed E-state index contributed by atoms with van der Waals surface area (Å²) in [5.74, 6) is -0.452. The number of ketones is 3. The predicted octanol–water partition coefficient (Wildman–Crippen LogP) is 24.3. The first-order chi connectivity index (χ1) is 53.1. The van der Waals surface area contributed by atoms with E-state index in [0.717, 1.165) is 135 Å². The van der Waals surface area contributed by atoms with Crippen molar-refractivity contribution in [3.63, 3.8) is 0 Å². The molecule has 0 fully saturated rings. The first kappa shape index (κ1) is 97.1. The highest BCUT2D eigenvalue weighted by Crippen LogP contribution is 2.20. The van der Waals surface area contributed by atoms with Gasteiger partial charge < -0.3 is 31.3 Å². The van der Waals surface area contributed by atoms with Crippen molar-refractivity contribution in [1.29, 1.82) is 0 Å². The van der Waals surface area contributed by atoms with Crippen molar-refractivity contribution in [3.05, 3.63) is 296 Å². The first-order valence-corrected chi connectivity index (χ1v) is 40.0. The van der Waals surface area contributed by atoms with E-state index in [4.69, 9.17) is 0 Å². The first-order valence-electron chi connectivity index (χ1n) is 40.0. The third kappa shape index (κ3) is 58.8. The maximum atomic E-state index is 12.3. The lowest BCUT2D eigenvalue weighted by Gasteiger charge is -2.21. The maximum Gasteiger partial charge on any atom is 0.255 e. The van der Waals surface area contributed by atoms with Crippen molar-refractivity contribution < 1.29 is 44.1 Å². The molecule has 0 aliphatic rings. The third-order valence-corrected chi connectivity index (χ3v) is 16.7. The highest BCUT2D eigenvalue weighted by Gasteiger charge is 2.20. The minimum absolute atomic E-state index is 0.0163. The van der Waals surface area contributed by atoms with Crippen LogP contribution in [0.4, 0.5) is 0 Å². The molecule has 109 heavy (non-hydrogen) atoms. The molecule has 12 heteroatoms. The third-order valence-electron chi connectivity index (χ3n) is 16.7. The van der Waals surface area contributed by atoms with Gasteiger partial charge in [-0.15, -0.1) is 0 Å². The second-order valence-electron chi connectivity index (χ2n) is 26.4. The Hall–Kier alpha value is -9.94. The fourth-order valence-corrected chi connectivity index (χ4v) is 10.2. The van der Waals surface area contributed by atoms with Crippen LogP contribution >= 0.6 is 0 Å². The Labute approximate surface area is 657 Å². The number of allylic oxidation sites excluding steroid dienone is 34. The predicted molar refractivity (Wildman–Crippen MR) is 461 cm³/mol. The summed E-state index contributed by atoms with van der Waals surface area (Å²) in [7, 11) is 0. The van der Waals surface area contributed by atoms with E-state index < -0.39 is 0 Å². The molecule has 0 saturated heterocycles. The summed E-state index contributed by atoms with van der Waals surface area (Å²) in [5.41, 5.74) is 0.750. The van der Waals surface area contributed by atoms with Gasteiger partial charge in [-0.05, 0) is 204 Å². The Morgan fingerprint density at radius 3 is 0.927 bits per heavy atom. The van der Waals surface area contributed by atoms with E-state index in [9.17, 15) is 44.1 Å². The number of phenolic OH excluding ortho intramolecular Hbond substituents is 3. The smallest absolute Gasteiger partial charge is 0.255 e. The van der Waals surface area contributed by atoms with E-state index >= 15 is 0 Å². The fourth-order valence-electron chi connectivity index (χ4n) is 10.2. The van der Waals surface area contributed by atoms with Crippen LogP contribution in [0.5, 0.6) is 17.2 Å². The Kier molecular flexibility index (Phi) is 63.2. The van der Waals surface area contributed by atoms with Gasteiger partial charge in [0.05, 0.1) is 16.7 Å². The van der Waals surface area contributed by atoms with Gasteiger partial charge in [0.25, 0.3) is 17.7 Å². The van der Waals surface area contributed by atoms with Crippen molar-refractivity contribution in [2.45, 2.75) is 240 Å². The number of para-hydroxylation sites is 3. The van der Waals surface area contributed by atoms with Crippen molar-refractivity contribution >= 4 is 35.1 Å². The number of benzene rings is 3. The van der Waals surface area contributed by atoms with Crippen LogP contribution in [0.15, 0.2) is 279 Å². The molecule has 3 rings (SSSR count). The van der Waals surface area contributed by atoms with Gasteiger partial charge in [0.2, 0.25) is 0 Å². The molecule has 0 saturated carbocycles. The van der Waals surface area contributed by atoms with Gasteiger partial charge >= 0.3 is 0 Å². The molecule has 3 unspecified atom stereocenters. The molecule has 0 radical (unpaired) electrons. The monoisotopic (exact) mass is 1480 g/mol. The van der Waals surface area contributed by atoms with E-state index in [1.165, 1.54) is 18.2 Å². The van der Waals surface area contributed by atoms with Crippen molar-refractivity contribution in [3.8, 4) is 17.2 Å². The Bertz CT molecular complexity index is 3500. The number of phenols is 3. The molecular formula is C97H133N3O9. The number of carbonyl (C=O) groups excluding carboxylic acids is 6. The number of nitrogens with one attached hydrogen (secondary N) is 3. The molecular weight excluding hydrogens is 1350 g/mol. The zero-order chi connectivity index (χ0) is 79.5. The van der Waals surface area contributed by atoms with Crippen LogP contribution in [0.3, 0.4) is 0 Å². The molecule has 0 heterocycles. The fraction of sp³-hybridized carbons (Fsp3) is 0.402. The van der Waals surface area contributed by atoms with Gasteiger partial charge in [-0.25, -0.2) is 0 Å². The van der Waals surface area contributed by atoms with Gasteiger partial charge in [-0.3, -0.25) is 28.8 Å². The van der Waals surface area contributed by atoms with Crippen molar-refractivity contribution in [2.75, 3.05) is 6.54 Å². The average molecular weight is 1490 g/mol. The van der Waals surface area contributed by atoms with Crippen LogP contribution in [0.1, 0.15) is 259 Å². The second-order valence-corrected chi connectivity index (χ2v) is 26.4. The summed E-state index contributed by atoms with van der Waals surface area (Å²) >= 11 is 0. The molecule has 0 bridgehead atoms. The topological polar surface area (TPSA) is 199 Å². The zero-order valence-electron chi connectivity index (χ0n) is 66.8. The van der Waals surface area contributed by atoms with Gasteiger partial charge in [-0.1, -0.05) is 271 Å². The van der Waals surface area contributed by atoms with E-state index in [1.807, 2.05) is 20.8 Å². The maximum absolute atomic E-state index is 12.3. The number of carbonyl (C=O) groups is 6. The normalized spacial score (nSPS) is 13.2. The zero-order valence-corrected chi connectivity index (χ0v) is 66.8. The largest absolute Gasteiger partial charge is 0.507 e. The van der Waals surface area contributed by atoms with Crippen LogP contribution in [-0.2, 0) is 14.4 Å². The van der Waals surface area contributed by atoms with Crippen LogP contribution in [0.2, 0.25) is 0 Å². The molecule has 3 atom stereocenters. The van der Waals surface area contributed by atoms with Gasteiger partial charge in [0.1, 0.15) is 34.6 Å². The summed E-state index contributed by atoms with van der Waals surface area (Å²) in [4.78, 5) is 73.0.